The van der Waals surface area contributed by atoms with E-state index >= 15 is 4.79 Å². The van der Waals surface area contributed by atoms with Gasteiger partial charge >= 0.3 is 5.97 Å². The Morgan fingerprint density at radius 3 is 1.83 bits per heavy atom. The largest absolute Gasteiger partial charge is 0.481 e. The zero-order chi connectivity index (χ0) is 91.5. The number of carbonyl (C=O) groups is 14. The van der Waals surface area contributed by atoms with Gasteiger partial charge in [0.15, 0.2) is 11.9 Å². The van der Waals surface area contributed by atoms with Crippen molar-refractivity contribution in [3.05, 3.63) is 71.9 Å². The normalized spacial score (nSPS) is 19.0. The van der Waals surface area contributed by atoms with Crippen molar-refractivity contribution >= 4 is 116 Å². The van der Waals surface area contributed by atoms with Gasteiger partial charge < -0.3 is 116 Å². The summed E-state index contributed by atoms with van der Waals surface area (Å²) in [5.41, 5.74) is 18.8. The average Bonchev–Trinajstić information content (AvgIpc) is 1.68. The van der Waals surface area contributed by atoms with E-state index in [9.17, 15) is 81.0 Å². The molecule has 2 fully saturated rings. The van der Waals surface area contributed by atoms with Crippen molar-refractivity contribution in [1.29, 1.82) is 10.8 Å². The summed E-state index contributed by atoms with van der Waals surface area (Å²) in [6.07, 6.45) is 11.3. The van der Waals surface area contributed by atoms with Gasteiger partial charge in [0.05, 0.1) is 38.3 Å². The lowest BCUT2D eigenvalue weighted by atomic mass is 10.0. The van der Waals surface area contributed by atoms with E-state index in [1.54, 1.807) is 55.6 Å². The molecular formula is C83H132N20O21S. The van der Waals surface area contributed by atoms with Crippen LogP contribution < -0.4 is 85.7 Å². The molecule has 5 rings (SSSR count). The van der Waals surface area contributed by atoms with Gasteiger partial charge in [0.1, 0.15) is 61.0 Å². The third-order valence-corrected chi connectivity index (χ3v) is 22.4. The first-order valence-electron chi connectivity index (χ1n) is 43.4. The van der Waals surface area contributed by atoms with E-state index in [-0.39, 0.29) is 161 Å². The number of primary amides is 1. The van der Waals surface area contributed by atoms with Crippen LogP contribution in [0.2, 0.25) is 0 Å². The molecule has 0 unspecified atom stereocenters. The number of hydrogen-bond acceptors (Lipinski definition) is 22. The molecule has 125 heavy (non-hydrogen) atoms. The highest BCUT2D eigenvalue weighted by atomic mass is 32.2. The number of amides is 13. The van der Waals surface area contributed by atoms with Crippen molar-refractivity contribution < 1.29 is 100 Å². The SMILES string of the molecule is CCCC[C@H](NC(=O)[C@H](CO)NC(=O)[C@H](CCCNC(=N)N)NC(=O)COCCOCCNC(=O)CCCS(=O)(=O)NC(=O)CCCCCCCCCCCCCCC(=O)O)C(=O)N[C@H]1CCC(=O)NCCCC[C@@H](C(N)=O)NC(=O)[C@H](Cc2c[nH]c3ccccc23)NC(=O)[C@H](CCCNC(=N)N)NC(=O)[C@@H](Cc2ccccc2)NC(=O)[C@@H]2C[C@@H](O)CN2C1=O. The number of rotatable bonds is 52. The molecule has 3 heterocycles. The van der Waals surface area contributed by atoms with E-state index in [0.29, 0.717) is 30.4 Å². The van der Waals surface area contributed by atoms with Crippen LogP contribution in [0.1, 0.15) is 204 Å². The van der Waals surface area contributed by atoms with Gasteiger partial charge in [-0.1, -0.05) is 133 Å². The number of nitrogens with two attached hydrogens (primary N) is 3. The first-order valence-corrected chi connectivity index (χ1v) is 45.0. The van der Waals surface area contributed by atoms with Crippen LogP contribution in [-0.2, 0) is 99.5 Å². The number of carboxylic acids is 1. The number of benzene rings is 2. The molecule has 42 heteroatoms. The molecule has 0 radical (unpaired) electrons. The number of aromatic amines is 1. The zero-order valence-corrected chi connectivity index (χ0v) is 72.3. The minimum absolute atomic E-state index is 0.00125. The van der Waals surface area contributed by atoms with Crippen LogP contribution in [0.25, 0.3) is 10.9 Å². The van der Waals surface area contributed by atoms with Crippen molar-refractivity contribution in [2.75, 3.05) is 71.5 Å². The van der Waals surface area contributed by atoms with E-state index in [0.717, 1.165) is 80.0 Å². The number of unbranched alkanes of at least 4 members (excludes halogenated alkanes) is 12. The van der Waals surface area contributed by atoms with Gasteiger partial charge in [-0.05, 0) is 94.2 Å². The molecule has 0 bridgehead atoms. The molecule has 2 saturated heterocycles. The minimum Gasteiger partial charge on any atom is -0.481 e. The van der Waals surface area contributed by atoms with Crippen LogP contribution in [0.5, 0.6) is 0 Å². The number of carboxylic acid groups (broad SMARTS) is 1. The lowest BCUT2D eigenvalue weighted by Gasteiger charge is -2.31. The Bertz CT molecular complexity index is 4100. The van der Waals surface area contributed by atoms with Gasteiger partial charge in [-0.3, -0.25) is 82.7 Å². The van der Waals surface area contributed by atoms with Crippen molar-refractivity contribution in [1.82, 2.24) is 78.4 Å². The number of nitrogens with one attached hydrogen (secondary N) is 16. The fraction of sp³-hybridized carbons (Fsp3) is 0.639. The fourth-order valence-electron chi connectivity index (χ4n) is 14.3. The van der Waals surface area contributed by atoms with Gasteiger partial charge in [0, 0.05) is 94.8 Å². The molecule has 25 N–H and O–H groups in total. The van der Waals surface area contributed by atoms with Crippen molar-refractivity contribution in [3.63, 3.8) is 0 Å². The van der Waals surface area contributed by atoms with Crippen LogP contribution in [0.4, 0.5) is 0 Å². The monoisotopic (exact) mass is 1780 g/mol. The van der Waals surface area contributed by atoms with Gasteiger partial charge in [-0.15, -0.1) is 0 Å². The summed E-state index contributed by atoms with van der Waals surface area (Å²) in [6.45, 7) is -0.356. The molecule has 2 aliphatic rings. The molecular weight excluding hydrogens is 1650 g/mol. The second kappa shape index (κ2) is 58.2. The summed E-state index contributed by atoms with van der Waals surface area (Å²) in [5.74, 6) is -12.9. The smallest absolute Gasteiger partial charge is 0.303 e. The molecule has 696 valence electrons. The van der Waals surface area contributed by atoms with E-state index < -0.39 is 192 Å². The maximum atomic E-state index is 15.2. The third-order valence-electron chi connectivity index (χ3n) is 21.0. The lowest BCUT2D eigenvalue weighted by Crippen LogP contribution is -2.61. The standard InChI is InChI=1S/C83H132N20O21S/c1-2-3-29-61(97-79(118)66(52-104)101-74(113)60(32-23-40-91-82(85)86)94-71(109)53-124-45-44-123-43-42-90-68(106)35-25-46-125(121,122)102-70(108)34-17-12-10-8-6-4-5-7-9-11-13-18-36-72(110)111)75(114)98-63-37-38-69(107)89-39-22-21-31-59(73(84)112)95-78(117)65(48-55-50-93-58-30-20-19-28-57(55)58)99-76(115)62(33-24-41-92-83(87)88)96-77(116)64(47-54-26-15-14-16-27-54)100-80(119)67-49-56(105)51-103(67)81(63)120/h14-16,19-20,26-28,30,50,56,59-67,93,104-105H,2-13,17-18,21-25,29,31-49,51-53H2,1H3,(H2,84,112)(H,89,107)(H,90,106)(H,94,109)(H,95,117)(H,96,116)(H,97,118)(H,98,114)(H,99,115)(H,100,119)(H,101,113)(H,102,108)(H,110,111)(H4,85,86,91)(H4,87,88,92)/t56-,59+,60+,61+,62+,63+,64-,65+,66+,67+/m1/s1. The maximum Gasteiger partial charge on any atom is 0.303 e. The molecule has 2 aromatic carbocycles. The fourth-order valence-corrected chi connectivity index (χ4v) is 15.3. The molecule has 13 amide bonds. The molecule has 2 aliphatic heterocycles. The predicted octanol–water partition coefficient (Wildman–Crippen LogP) is -1.01. The average molecular weight is 1780 g/mol. The van der Waals surface area contributed by atoms with Crippen LogP contribution in [0.15, 0.2) is 60.8 Å². The number of guanidine groups is 2. The second-order valence-electron chi connectivity index (χ2n) is 31.4. The highest BCUT2D eigenvalue weighted by Crippen LogP contribution is 2.24. The van der Waals surface area contributed by atoms with Crippen LogP contribution in [-0.4, -0.2) is 260 Å². The molecule has 10 atom stereocenters. The number of sulfonamides is 1. The van der Waals surface area contributed by atoms with Gasteiger partial charge in [-0.25, -0.2) is 8.42 Å². The molecule has 0 spiro atoms. The minimum atomic E-state index is -3.96. The Morgan fingerprint density at radius 1 is 0.592 bits per heavy atom. The summed E-state index contributed by atoms with van der Waals surface area (Å²) < 4.78 is 38.1. The Kier molecular flexibility index (Phi) is 48.6. The van der Waals surface area contributed by atoms with Crippen molar-refractivity contribution in [3.8, 4) is 0 Å². The molecule has 0 aliphatic carbocycles. The predicted molar refractivity (Wildman–Crippen MR) is 462 cm³/mol. The quantitative estimate of drug-likeness (QED) is 0.0183. The van der Waals surface area contributed by atoms with Gasteiger partial charge in [0.2, 0.25) is 86.8 Å². The number of aliphatic hydroxyl groups excluding tert-OH is 2. The number of hydrogen-bond donors (Lipinski definition) is 22. The van der Waals surface area contributed by atoms with Crippen LogP contribution in [0, 0.1) is 10.8 Å². The molecule has 0 saturated carbocycles. The number of ether oxygens (including phenoxy) is 2. The maximum absolute atomic E-state index is 15.2. The number of fused-ring (bicyclic) bond motifs is 2. The summed E-state index contributed by atoms with van der Waals surface area (Å²) in [5, 5.41) is 78.3. The van der Waals surface area contributed by atoms with E-state index in [1.165, 1.54) is 0 Å². The third kappa shape index (κ3) is 42.0. The molecule has 3 aromatic rings. The number of para-hydroxylation sites is 1. The zero-order valence-electron chi connectivity index (χ0n) is 71.5. The molecule has 1 aromatic heterocycles. The van der Waals surface area contributed by atoms with Crippen molar-refractivity contribution in [2.45, 2.75) is 266 Å². The summed E-state index contributed by atoms with van der Waals surface area (Å²) in [4.78, 5) is 197. The Morgan fingerprint density at radius 2 is 1.17 bits per heavy atom. The topological polar surface area (TPSA) is 653 Å². The van der Waals surface area contributed by atoms with Crippen molar-refractivity contribution in [2.24, 2.45) is 17.2 Å². The lowest BCUT2D eigenvalue weighted by molar-refractivity contribution is -0.143. The Hall–Kier alpha value is -11.1. The molecule has 41 nitrogen and oxygen atoms in total. The highest BCUT2D eigenvalue weighted by Gasteiger charge is 2.44. The Labute approximate surface area is 728 Å². The van der Waals surface area contributed by atoms with Crippen LogP contribution in [0.3, 0.4) is 0 Å². The van der Waals surface area contributed by atoms with E-state index in [4.69, 9.17) is 42.6 Å². The highest BCUT2D eigenvalue weighted by molar-refractivity contribution is 7.90. The first-order chi connectivity index (χ1) is 59.9. The van der Waals surface area contributed by atoms with Gasteiger partial charge in [-0.2, -0.15) is 0 Å². The summed E-state index contributed by atoms with van der Waals surface area (Å²) in [6, 6.07) is 2.09. The summed E-state index contributed by atoms with van der Waals surface area (Å²) >= 11 is 0. The van der Waals surface area contributed by atoms with E-state index in [2.05, 4.69) is 73.5 Å². The number of aromatic nitrogens is 1. The number of aliphatic hydroxyl groups is 2. The number of H-pyrrole nitrogens is 1. The van der Waals surface area contributed by atoms with E-state index in [1.807, 2.05) is 12.1 Å². The number of nitrogens with zero attached hydrogens (tertiary/aromatic N) is 1. The Balaban J connectivity index is 1.21. The second-order valence-corrected chi connectivity index (χ2v) is 33.2. The number of carbonyl (C=O) groups excluding carboxylic acids is 13. The van der Waals surface area contributed by atoms with Gasteiger partial charge in [0.25, 0.3) is 0 Å². The van der Waals surface area contributed by atoms with Crippen LogP contribution >= 0.6 is 0 Å². The summed E-state index contributed by atoms with van der Waals surface area (Å²) in [7, 11) is -3.96. The number of aliphatic carboxylic acids is 1. The first kappa shape index (κ1) is 104.